The molecule has 2 aromatic rings. The highest BCUT2D eigenvalue weighted by Gasteiger charge is 2.18. The Balaban J connectivity index is 1.97. The molecule has 0 radical (unpaired) electrons. The van der Waals surface area contributed by atoms with E-state index in [4.69, 9.17) is 11.6 Å². The van der Waals surface area contributed by atoms with Crippen LogP contribution < -0.4 is 10.2 Å². The van der Waals surface area contributed by atoms with E-state index in [1.54, 1.807) is 30.3 Å². The Morgan fingerprint density at radius 1 is 1.20 bits per heavy atom. The molecule has 0 bridgehead atoms. The number of nitrogens with one attached hydrogen (secondary N) is 1. The van der Waals surface area contributed by atoms with Crippen LogP contribution in [0.5, 0.6) is 0 Å². The maximum Gasteiger partial charge on any atom is 0.240 e. The van der Waals surface area contributed by atoms with Crippen LogP contribution in [-0.4, -0.2) is 24.9 Å². The van der Waals surface area contributed by atoms with Gasteiger partial charge in [-0.3, -0.25) is 9.59 Å². The molecule has 0 saturated carbocycles. The van der Waals surface area contributed by atoms with Crippen molar-refractivity contribution in [3.8, 4) is 6.07 Å². The summed E-state index contributed by atoms with van der Waals surface area (Å²) in [4.78, 5) is 25.4. The van der Waals surface area contributed by atoms with Gasteiger partial charge in [-0.1, -0.05) is 35.9 Å². The maximum absolute atomic E-state index is 12.2. The lowest BCUT2D eigenvalue weighted by Gasteiger charge is -2.21. The average Bonchev–Trinajstić information content (AvgIpc) is 2.59. The van der Waals surface area contributed by atoms with E-state index >= 15 is 0 Å². The number of amides is 2. The van der Waals surface area contributed by atoms with Crippen molar-refractivity contribution in [1.82, 2.24) is 5.32 Å². The van der Waals surface area contributed by atoms with E-state index in [0.29, 0.717) is 29.2 Å². The fourth-order valence-corrected chi connectivity index (χ4v) is 2.62. The van der Waals surface area contributed by atoms with Crippen molar-refractivity contribution in [3.05, 3.63) is 64.7 Å². The number of hydrogen-bond donors (Lipinski definition) is 1. The Morgan fingerprint density at radius 3 is 2.64 bits per heavy atom. The van der Waals surface area contributed by atoms with Crippen molar-refractivity contribution in [2.45, 2.75) is 13.3 Å². The van der Waals surface area contributed by atoms with E-state index in [2.05, 4.69) is 5.32 Å². The lowest BCUT2D eigenvalue weighted by molar-refractivity contribution is -0.123. The van der Waals surface area contributed by atoms with E-state index in [1.165, 1.54) is 11.8 Å². The molecule has 0 fully saturated rings. The third-order valence-electron chi connectivity index (χ3n) is 3.62. The van der Waals surface area contributed by atoms with Crippen LogP contribution in [-0.2, 0) is 16.0 Å². The minimum atomic E-state index is -0.298. The van der Waals surface area contributed by atoms with Crippen LogP contribution in [0.4, 0.5) is 5.69 Å². The molecule has 1 N–H and O–H groups in total. The summed E-state index contributed by atoms with van der Waals surface area (Å²) in [5.74, 6) is -0.585. The number of halogens is 1. The second-order valence-electron chi connectivity index (χ2n) is 5.46. The molecule has 0 aliphatic rings. The van der Waals surface area contributed by atoms with Gasteiger partial charge < -0.3 is 10.2 Å². The van der Waals surface area contributed by atoms with Gasteiger partial charge in [-0.2, -0.15) is 5.26 Å². The molecule has 0 atom stereocenters. The zero-order valence-corrected chi connectivity index (χ0v) is 14.6. The van der Waals surface area contributed by atoms with Gasteiger partial charge in [0.2, 0.25) is 11.8 Å². The number of carbonyl (C=O) groups excluding carboxylic acids is 2. The van der Waals surface area contributed by atoms with Crippen molar-refractivity contribution in [1.29, 1.82) is 5.26 Å². The monoisotopic (exact) mass is 355 g/mol. The number of benzene rings is 2. The first-order valence-electron chi connectivity index (χ1n) is 7.79. The first-order chi connectivity index (χ1) is 12.0. The largest absolute Gasteiger partial charge is 0.354 e. The Bertz CT molecular complexity index is 814. The first-order valence-corrected chi connectivity index (χ1v) is 8.17. The summed E-state index contributed by atoms with van der Waals surface area (Å²) >= 11 is 5.93. The molecule has 0 aromatic heterocycles. The summed E-state index contributed by atoms with van der Waals surface area (Å²) in [7, 11) is 0. The number of anilines is 1. The number of rotatable bonds is 6. The molecule has 0 aliphatic heterocycles. The molecule has 0 aliphatic carbocycles. The smallest absolute Gasteiger partial charge is 0.240 e. The lowest BCUT2D eigenvalue weighted by Crippen LogP contribution is -2.40. The van der Waals surface area contributed by atoms with Crippen molar-refractivity contribution in [2.24, 2.45) is 0 Å². The molecule has 2 rings (SSSR count). The Labute approximate surface area is 151 Å². The molecule has 2 aromatic carbocycles. The second kappa shape index (κ2) is 8.86. The highest BCUT2D eigenvalue weighted by Crippen LogP contribution is 2.19. The van der Waals surface area contributed by atoms with E-state index in [0.717, 1.165) is 5.56 Å². The van der Waals surface area contributed by atoms with Gasteiger partial charge in [0.15, 0.2) is 0 Å². The quantitative estimate of drug-likeness (QED) is 0.865. The van der Waals surface area contributed by atoms with Gasteiger partial charge in [0.1, 0.15) is 12.6 Å². The molecular formula is C19H18ClN3O2. The lowest BCUT2D eigenvalue weighted by atomic mass is 10.1. The normalized spacial score (nSPS) is 9.96. The van der Waals surface area contributed by atoms with Crippen LogP contribution in [0.1, 0.15) is 18.1 Å². The van der Waals surface area contributed by atoms with Gasteiger partial charge in [-0.25, -0.2) is 0 Å². The predicted molar refractivity (Wildman–Crippen MR) is 97.3 cm³/mol. The SMILES string of the molecule is CC(=O)N(CC(=O)NCCc1cccc(Cl)c1)c1ccccc1C#N. The van der Waals surface area contributed by atoms with Crippen molar-refractivity contribution in [2.75, 3.05) is 18.0 Å². The third-order valence-corrected chi connectivity index (χ3v) is 3.86. The summed E-state index contributed by atoms with van der Waals surface area (Å²) < 4.78 is 0. The molecule has 0 spiro atoms. The molecule has 5 nitrogen and oxygen atoms in total. The van der Waals surface area contributed by atoms with E-state index < -0.39 is 0 Å². The summed E-state index contributed by atoms with van der Waals surface area (Å²) in [6, 6.07) is 16.2. The minimum absolute atomic E-state index is 0.135. The number of nitriles is 1. The molecule has 0 saturated heterocycles. The molecule has 128 valence electrons. The van der Waals surface area contributed by atoms with E-state index in [9.17, 15) is 14.9 Å². The highest BCUT2D eigenvalue weighted by atomic mass is 35.5. The van der Waals surface area contributed by atoms with Crippen molar-refractivity contribution in [3.63, 3.8) is 0 Å². The second-order valence-corrected chi connectivity index (χ2v) is 5.90. The molecular weight excluding hydrogens is 338 g/mol. The number of hydrogen-bond acceptors (Lipinski definition) is 3. The van der Waals surface area contributed by atoms with Gasteiger partial charge in [0.25, 0.3) is 0 Å². The van der Waals surface area contributed by atoms with Crippen LogP contribution >= 0.6 is 11.6 Å². The molecule has 6 heteroatoms. The van der Waals surface area contributed by atoms with Gasteiger partial charge >= 0.3 is 0 Å². The summed E-state index contributed by atoms with van der Waals surface area (Å²) in [6.07, 6.45) is 0.640. The van der Waals surface area contributed by atoms with Gasteiger partial charge in [0.05, 0.1) is 11.3 Å². The van der Waals surface area contributed by atoms with Crippen LogP contribution in [0.15, 0.2) is 48.5 Å². The van der Waals surface area contributed by atoms with Gasteiger partial charge in [-0.05, 0) is 36.2 Å². The Hall–Kier alpha value is -2.84. The number of nitrogens with zero attached hydrogens (tertiary/aromatic N) is 2. The fraction of sp³-hybridized carbons (Fsp3) is 0.211. The van der Waals surface area contributed by atoms with Crippen LogP contribution in [0, 0.1) is 11.3 Å². The summed E-state index contributed by atoms with van der Waals surface area (Å²) in [6.45, 7) is 1.67. The Morgan fingerprint density at radius 2 is 1.96 bits per heavy atom. The average molecular weight is 356 g/mol. The summed E-state index contributed by atoms with van der Waals surface area (Å²) in [5.41, 5.74) is 1.80. The van der Waals surface area contributed by atoms with E-state index in [1.807, 2.05) is 24.3 Å². The van der Waals surface area contributed by atoms with Gasteiger partial charge in [-0.15, -0.1) is 0 Å². The van der Waals surface area contributed by atoms with Crippen molar-refractivity contribution >= 4 is 29.1 Å². The van der Waals surface area contributed by atoms with Crippen LogP contribution in [0.25, 0.3) is 0 Å². The maximum atomic E-state index is 12.2. The van der Waals surface area contributed by atoms with Crippen molar-refractivity contribution < 1.29 is 9.59 Å². The first kappa shape index (κ1) is 18.5. The standard InChI is InChI=1S/C19H18ClN3O2/c1-14(24)23(18-8-3-2-6-16(18)12-21)13-19(25)22-10-9-15-5-4-7-17(20)11-15/h2-8,11H,9-10,13H2,1H3,(H,22,25). The summed E-state index contributed by atoms with van der Waals surface area (Å²) in [5, 5.41) is 12.6. The van der Waals surface area contributed by atoms with E-state index in [-0.39, 0.29) is 18.4 Å². The molecule has 25 heavy (non-hydrogen) atoms. The topological polar surface area (TPSA) is 73.2 Å². The van der Waals surface area contributed by atoms with Gasteiger partial charge in [0, 0.05) is 18.5 Å². The predicted octanol–water partition coefficient (Wildman–Crippen LogP) is 2.92. The minimum Gasteiger partial charge on any atom is -0.354 e. The van der Waals surface area contributed by atoms with Crippen LogP contribution in [0.3, 0.4) is 0 Å². The molecule has 2 amide bonds. The molecule has 0 unspecified atom stereocenters. The zero-order chi connectivity index (χ0) is 18.2. The number of carbonyl (C=O) groups is 2. The van der Waals surface area contributed by atoms with Crippen LogP contribution in [0.2, 0.25) is 5.02 Å². The zero-order valence-electron chi connectivity index (χ0n) is 13.8. The number of para-hydroxylation sites is 1. The highest BCUT2D eigenvalue weighted by molar-refractivity contribution is 6.30. The Kier molecular flexibility index (Phi) is 6.55. The third kappa shape index (κ3) is 5.33. The molecule has 0 heterocycles. The fourth-order valence-electron chi connectivity index (χ4n) is 2.41.